The molecule has 2 aliphatic heterocycles. The number of likely N-dealkylation sites (tertiary alicyclic amines) is 2. The van der Waals surface area contributed by atoms with Crippen molar-refractivity contribution in [2.24, 2.45) is 11.8 Å². The summed E-state index contributed by atoms with van der Waals surface area (Å²) < 4.78 is 42.1. The van der Waals surface area contributed by atoms with Gasteiger partial charge in [0.2, 0.25) is 0 Å². The Labute approximate surface area is 145 Å². The number of piperidine rings is 1. The van der Waals surface area contributed by atoms with E-state index in [-0.39, 0.29) is 23.8 Å². The number of urea groups is 1. The number of ether oxygens (including phenoxy) is 1. The van der Waals surface area contributed by atoms with Gasteiger partial charge in [0.25, 0.3) is 0 Å². The second-order valence-corrected chi connectivity index (χ2v) is 6.70. The number of carbonyl (C=O) groups is 2. The number of esters is 1. The highest BCUT2D eigenvalue weighted by molar-refractivity contribution is 5.76. The van der Waals surface area contributed by atoms with E-state index < -0.39 is 12.7 Å². The van der Waals surface area contributed by atoms with Gasteiger partial charge in [-0.1, -0.05) is 0 Å². The van der Waals surface area contributed by atoms with Crippen LogP contribution in [0.4, 0.5) is 18.0 Å². The molecule has 0 bridgehead atoms. The number of carbonyl (C=O) groups excluding carboxylic acids is 2. The summed E-state index contributed by atoms with van der Waals surface area (Å²) >= 11 is 0. The molecule has 2 heterocycles. The van der Waals surface area contributed by atoms with E-state index in [0.717, 1.165) is 0 Å². The third-order valence-corrected chi connectivity index (χ3v) is 4.72. The first kappa shape index (κ1) is 19.8. The van der Waals surface area contributed by atoms with Crippen LogP contribution in [0, 0.1) is 11.8 Å². The molecule has 6 nitrogen and oxygen atoms in total. The van der Waals surface area contributed by atoms with Gasteiger partial charge < -0.3 is 15.0 Å². The standard InChI is InChI=1S/C16H26F3N3O3/c1-2-25-14(23)13-4-7-22(8-5-13)15(24)20-9-12-3-6-21(10-12)11-16(17,18)19/h12-13H,2-11H2,1H3,(H,20,24). The zero-order chi connectivity index (χ0) is 18.4. The minimum Gasteiger partial charge on any atom is -0.466 e. The van der Waals surface area contributed by atoms with Crippen LogP contribution < -0.4 is 5.32 Å². The first-order chi connectivity index (χ1) is 11.8. The van der Waals surface area contributed by atoms with Crippen molar-refractivity contribution in [3.05, 3.63) is 0 Å². The van der Waals surface area contributed by atoms with Gasteiger partial charge in [-0.15, -0.1) is 0 Å². The Kier molecular flexibility index (Phi) is 6.92. The second kappa shape index (κ2) is 8.73. The molecule has 2 fully saturated rings. The van der Waals surface area contributed by atoms with E-state index in [1.807, 2.05) is 0 Å². The van der Waals surface area contributed by atoms with Crippen LogP contribution in [0.1, 0.15) is 26.2 Å². The largest absolute Gasteiger partial charge is 0.466 e. The molecule has 0 aromatic rings. The number of hydrogen-bond donors (Lipinski definition) is 1. The van der Waals surface area contributed by atoms with Crippen LogP contribution in [0.25, 0.3) is 0 Å². The molecule has 1 unspecified atom stereocenters. The summed E-state index contributed by atoms with van der Waals surface area (Å²) in [4.78, 5) is 26.9. The molecule has 0 spiro atoms. The molecule has 1 atom stereocenters. The maximum absolute atomic E-state index is 12.4. The summed E-state index contributed by atoms with van der Waals surface area (Å²) in [6.45, 7) is 3.34. The predicted molar refractivity (Wildman–Crippen MR) is 84.9 cm³/mol. The van der Waals surface area contributed by atoms with E-state index in [1.165, 1.54) is 4.90 Å². The lowest BCUT2D eigenvalue weighted by molar-refractivity contribution is -0.149. The van der Waals surface area contributed by atoms with Crippen LogP contribution in [0.3, 0.4) is 0 Å². The normalized spacial score (nSPS) is 22.9. The van der Waals surface area contributed by atoms with Gasteiger partial charge in [0, 0.05) is 26.2 Å². The van der Waals surface area contributed by atoms with Gasteiger partial charge in [0.15, 0.2) is 0 Å². The fourth-order valence-electron chi connectivity index (χ4n) is 3.40. The number of halogens is 3. The number of rotatable bonds is 5. The van der Waals surface area contributed by atoms with E-state index in [1.54, 1.807) is 11.8 Å². The van der Waals surface area contributed by atoms with Crippen molar-refractivity contribution in [3.8, 4) is 0 Å². The molecule has 2 rings (SSSR count). The highest BCUT2D eigenvalue weighted by Crippen LogP contribution is 2.23. The molecule has 2 aliphatic rings. The third-order valence-electron chi connectivity index (χ3n) is 4.72. The van der Waals surface area contributed by atoms with E-state index in [4.69, 9.17) is 4.74 Å². The lowest BCUT2D eigenvalue weighted by Gasteiger charge is -2.31. The topological polar surface area (TPSA) is 61.9 Å². The molecule has 0 saturated carbocycles. The summed E-state index contributed by atoms with van der Waals surface area (Å²) in [5, 5.41) is 2.81. The predicted octanol–water partition coefficient (Wildman–Crippen LogP) is 1.86. The second-order valence-electron chi connectivity index (χ2n) is 6.70. The Balaban J connectivity index is 1.66. The molecular weight excluding hydrogens is 339 g/mol. The Bertz CT molecular complexity index is 465. The van der Waals surface area contributed by atoms with E-state index in [9.17, 15) is 22.8 Å². The van der Waals surface area contributed by atoms with Crippen molar-refractivity contribution in [1.82, 2.24) is 15.1 Å². The van der Waals surface area contributed by atoms with Crippen LogP contribution in [-0.2, 0) is 9.53 Å². The third kappa shape index (κ3) is 6.37. The quantitative estimate of drug-likeness (QED) is 0.756. The molecule has 0 aliphatic carbocycles. The monoisotopic (exact) mass is 365 g/mol. The lowest BCUT2D eigenvalue weighted by atomic mass is 9.97. The van der Waals surface area contributed by atoms with Crippen molar-refractivity contribution < 1.29 is 27.5 Å². The van der Waals surface area contributed by atoms with Crippen LogP contribution in [0.15, 0.2) is 0 Å². The van der Waals surface area contributed by atoms with Gasteiger partial charge in [-0.05, 0) is 38.6 Å². The van der Waals surface area contributed by atoms with Gasteiger partial charge >= 0.3 is 18.2 Å². The first-order valence-corrected chi connectivity index (χ1v) is 8.77. The summed E-state index contributed by atoms with van der Waals surface area (Å²) in [5.41, 5.74) is 0. The molecule has 144 valence electrons. The smallest absolute Gasteiger partial charge is 0.401 e. The fourth-order valence-corrected chi connectivity index (χ4v) is 3.40. The average Bonchev–Trinajstić information content (AvgIpc) is 2.98. The van der Waals surface area contributed by atoms with Crippen molar-refractivity contribution in [2.75, 3.05) is 45.9 Å². The highest BCUT2D eigenvalue weighted by atomic mass is 19.4. The van der Waals surface area contributed by atoms with Gasteiger partial charge in [-0.2, -0.15) is 13.2 Å². The van der Waals surface area contributed by atoms with Gasteiger partial charge in [-0.25, -0.2) is 4.79 Å². The van der Waals surface area contributed by atoms with Gasteiger partial charge in [-0.3, -0.25) is 9.69 Å². The number of amides is 2. The summed E-state index contributed by atoms with van der Waals surface area (Å²) in [6, 6.07) is -0.211. The van der Waals surface area contributed by atoms with Crippen LogP contribution in [0.5, 0.6) is 0 Å². The van der Waals surface area contributed by atoms with E-state index in [2.05, 4.69) is 5.32 Å². The number of nitrogens with zero attached hydrogens (tertiary/aromatic N) is 2. The first-order valence-electron chi connectivity index (χ1n) is 8.77. The maximum Gasteiger partial charge on any atom is 0.401 e. The van der Waals surface area contributed by atoms with E-state index in [0.29, 0.717) is 58.6 Å². The fraction of sp³-hybridized carbons (Fsp3) is 0.875. The number of nitrogens with one attached hydrogen (secondary N) is 1. The molecule has 0 aromatic carbocycles. The molecule has 25 heavy (non-hydrogen) atoms. The molecule has 2 amide bonds. The molecule has 1 N–H and O–H groups in total. The van der Waals surface area contributed by atoms with Crippen molar-refractivity contribution in [2.45, 2.75) is 32.4 Å². The SMILES string of the molecule is CCOC(=O)C1CCN(C(=O)NCC2CCN(CC(F)(F)F)C2)CC1. The van der Waals surface area contributed by atoms with Crippen molar-refractivity contribution in [1.29, 1.82) is 0 Å². The minimum absolute atomic E-state index is 0.0448. The zero-order valence-corrected chi connectivity index (χ0v) is 14.5. The van der Waals surface area contributed by atoms with Crippen molar-refractivity contribution >= 4 is 12.0 Å². The van der Waals surface area contributed by atoms with Crippen LogP contribution in [-0.4, -0.2) is 73.9 Å². The van der Waals surface area contributed by atoms with Crippen molar-refractivity contribution in [3.63, 3.8) is 0 Å². The Morgan fingerprint density at radius 1 is 1.16 bits per heavy atom. The Morgan fingerprint density at radius 2 is 1.84 bits per heavy atom. The molecular formula is C16H26F3N3O3. The maximum atomic E-state index is 12.4. The average molecular weight is 365 g/mol. The Hall–Kier alpha value is -1.51. The van der Waals surface area contributed by atoms with E-state index >= 15 is 0 Å². The number of alkyl halides is 3. The van der Waals surface area contributed by atoms with Gasteiger partial charge in [0.05, 0.1) is 19.1 Å². The van der Waals surface area contributed by atoms with Crippen LogP contribution in [0.2, 0.25) is 0 Å². The molecule has 2 saturated heterocycles. The molecule has 0 aromatic heterocycles. The van der Waals surface area contributed by atoms with Gasteiger partial charge in [0.1, 0.15) is 0 Å². The summed E-state index contributed by atoms with van der Waals surface area (Å²) in [7, 11) is 0. The summed E-state index contributed by atoms with van der Waals surface area (Å²) in [6.07, 6.45) is -2.37. The number of hydrogen-bond acceptors (Lipinski definition) is 4. The lowest BCUT2D eigenvalue weighted by Crippen LogP contribution is -2.47. The zero-order valence-electron chi connectivity index (χ0n) is 14.5. The minimum atomic E-state index is -4.18. The summed E-state index contributed by atoms with van der Waals surface area (Å²) in [5.74, 6) is -0.323. The highest BCUT2D eigenvalue weighted by Gasteiger charge is 2.34. The Morgan fingerprint density at radius 3 is 2.44 bits per heavy atom. The van der Waals surface area contributed by atoms with Crippen LogP contribution >= 0.6 is 0 Å². The molecule has 9 heteroatoms. The molecule has 0 radical (unpaired) electrons.